The molecule has 7 heteroatoms. The average molecular weight is 193 g/mol. The van der Waals surface area contributed by atoms with E-state index in [0.717, 1.165) is 0 Å². The first-order valence-electron chi connectivity index (χ1n) is 3.31. The van der Waals surface area contributed by atoms with Gasteiger partial charge >= 0.3 is 12.1 Å². The number of carboxylic acid groups (broad SMARTS) is 1. The lowest BCUT2D eigenvalue weighted by Gasteiger charge is -2.02. The van der Waals surface area contributed by atoms with E-state index in [1.54, 1.807) is 0 Å². The molecule has 12 heavy (non-hydrogen) atoms. The van der Waals surface area contributed by atoms with Gasteiger partial charge in [-0.05, 0) is 6.42 Å². The van der Waals surface area contributed by atoms with Crippen LogP contribution in [-0.4, -0.2) is 30.3 Å². The Bertz CT molecular complexity index is 164. The fourth-order valence-corrected chi connectivity index (χ4v) is 0.604. The Labute approximate surface area is 75.3 Å². The molecule has 4 N–H and O–H groups in total. The van der Waals surface area contributed by atoms with Crippen LogP contribution in [-0.2, 0) is 0 Å². The largest absolute Gasteiger partial charge is 0.465 e. The summed E-state index contributed by atoms with van der Waals surface area (Å²) in [5, 5.41) is 12.8. The summed E-state index contributed by atoms with van der Waals surface area (Å²) in [4.78, 5) is 20.4. The van der Waals surface area contributed by atoms with Gasteiger partial charge in [-0.3, -0.25) is 4.72 Å². The first-order valence-corrected chi connectivity index (χ1v) is 3.76. The van der Waals surface area contributed by atoms with Crippen LogP contribution >= 0.6 is 12.8 Å². The van der Waals surface area contributed by atoms with Crippen LogP contribution in [0.15, 0.2) is 0 Å². The molecule has 3 amide bonds. The Morgan fingerprint density at radius 3 is 2.33 bits per heavy atom. The summed E-state index contributed by atoms with van der Waals surface area (Å²) in [5.74, 6) is 0. The van der Waals surface area contributed by atoms with Crippen molar-refractivity contribution in [1.29, 1.82) is 0 Å². The highest BCUT2D eigenvalue weighted by molar-refractivity contribution is 7.78. The molecule has 0 heterocycles. The maximum Gasteiger partial charge on any atom is 0.404 e. The second-order valence-electron chi connectivity index (χ2n) is 1.95. The third kappa shape index (κ3) is 7.00. The Morgan fingerprint density at radius 2 is 1.83 bits per heavy atom. The van der Waals surface area contributed by atoms with Crippen molar-refractivity contribution in [2.24, 2.45) is 0 Å². The highest BCUT2D eigenvalue weighted by Crippen LogP contribution is 1.74. The van der Waals surface area contributed by atoms with Gasteiger partial charge in [0, 0.05) is 13.1 Å². The molecule has 0 aromatic carbocycles. The van der Waals surface area contributed by atoms with Gasteiger partial charge in [0.15, 0.2) is 0 Å². The van der Waals surface area contributed by atoms with Crippen molar-refractivity contribution in [2.75, 3.05) is 13.1 Å². The summed E-state index contributed by atoms with van der Waals surface area (Å²) in [6, 6.07) is -0.395. The van der Waals surface area contributed by atoms with E-state index >= 15 is 0 Å². The smallest absolute Gasteiger partial charge is 0.404 e. The lowest BCUT2D eigenvalue weighted by atomic mass is 10.4. The van der Waals surface area contributed by atoms with Crippen molar-refractivity contribution in [1.82, 2.24) is 15.4 Å². The van der Waals surface area contributed by atoms with E-state index in [4.69, 9.17) is 5.11 Å². The lowest BCUT2D eigenvalue weighted by Crippen LogP contribution is -2.32. The Balaban J connectivity index is 3.11. The molecule has 0 aromatic rings. The molecule has 70 valence electrons. The van der Waals surface area contributed by atoms with Crippen LogP contribution in [0.25, 0.3) is 0 Å². The van der Waals surface area contributed by atoms with E-state index < -0.39 is 12.1 Å². The van der Waals surface area contributed by atoms with Crippen LogP contribution in [0, 0.1) is 0 Å². The van der Waals surface area contributed by atoms with Gasteiger partial charge in [0.2, 0.25) is 0 Å². The topological polar surface area (TPSA) is 90.5 Å². The molecule has 0 aliphatic rings. The fourth-order valence-electron chi connectivity index (χ4n) is 0.525. The molecule has 0 saturated heterocycles. The van der Waals surface area contributed by atoms with Gasteiger partial charge in [0.25, 0.3) is 0 Å². The number of carbonyl (C=O) groups is 2. The molecule has 0 bridgehead atoms. The van der Waals surface area contributed by atoms with E-state index in [-0.39, 0.29) is 0 Å². The summed E-state index contributed by atoms with van der Waals surface area (Å²) < 4.78 is 2.07. The van der Waals surface area contributed by atoms with Gasteiger partial charge < -0.3 is 15.7 Å². The monoisotopic (exact) mass is 193 g/mol. The zero-order valence-electron chi connectivity index (χ0n) is 6.33. The minimum atomic E-state index is -1.06. The van der Waals surface area contributed by atoms with Crippen LogP contribution < -0.4 is 15.4 Å². The van der Waals surface area contributed by atoms with Gasteiger partial charge in [-0.15, -0.1) is 0 Å². The quantitative estimate of drug-likeness (QED) is 0.316. The molecule has 0 aromatic heterocycles. The van der Waals surface area contributed by atoms with Crippen LogP contribution in [0.1, 0.15) is 6.42 Å². The molecule has 0 rings (SSSR count). The summed E-state index contributed by atoms with van der Waals surface area (Å²) in [6.07, 6.45) is -0.512. The highest BCUT2D eigenvalue weighted by Gasteiger charge is 1.95. The molecule has 0 atom stereocenters. The van der Waals surface area contributed by atoms with E-state index in [9.17, 15) is 9.59 Å². The lowest BCUT2D eigenvalue weighted by molar-refractivity contribution is 0.194. The number of carbonyl (C=O) groups excluding carboxylic acids is 1. The molecule has 6 nitrogen and oxygen atoms in total. The maximum absolute atomic E-state index is 10.5. The van der Waals surface area contributed by atoms with Crippen LogP contribution in [0.5, 0.6) is 0 Å². The van der Waals surface area contributed by atoms with Crippen LogP contribution in [0.2, 0.25) is 0 Å². The molecule has 0 unspecified atom stereocenters. The van der Waals surface area contributed by atoms with Gasteiger partial charge in [0.1, 0.15) is 0 Å². The average Bonchev–Trinajstić information content (AvgIpc) is 2.03. The zero-order valence-corrected chi connectivity index (χ0v) is 7.23. The number of nitrogens with one attached hydrogen (secondary N) is 3. The number of urea groups is 1. The van der Waals surface area contributed by atoms with Crippen molar-refractivity contribution in [2.45, 2.75) is 6.42 Å². The van der Waals surface area contributed by atoms with E-state index in [1.807, 2.05) is 0 Å². The van der Waals surface area contributed by atoms with Gasteiger partial charge in [0.05, 0.1) is 0 Å². The number of thiol groups is 1. The molecule has 0 spiro atoms. The third-order valence-electron chi connectivity index (χ3n) is 1.02. The molecule has 0 radical (unpaired) electrons. The zero-order chi connectivity index (χ0) is 9.40. The second-order valence-corrected chi connectivity index (χ2v) is 2.18. The molecule has 0 saturated carbocycles. The SMILES string of the molecule is O=C(O)NCCCNC(=O)NS. The maximum atomic E-state index is 10.5. The first kappa shape index (κ1) is 10.9. The summed E-state index contributed by atoms with van der Waals surface area (Å²) in [7, 11) is 0. The van der Waals surface area contributed by atoms with Crippen molar-refractivity contribution in [3.8, 4) is 0 Å². The minimum Gasteiger partial charge on any atom is -0.465 e. The number of hydrogen-bond acceptors (Lipinski definition) is 3. The Kier molecular flexibility index (Phi) is 5.98. The Morgan fingerprint density at radius 1 is 1.25 bits per heavy atom. The third-order valence-corrected chi connectivity index (χ3v) is 1.22. The van der Waals surface area contributed by atoms with Crippen molar-refractivity contribution < 1.29 is 14.7 Å². The molecule has 0 aliphatic carbocycles. The summed E-state index contributed by atoms with van der Waals surface area (Å²) in [5.41, 5.74) is 0. The van der Waals surface area contributed by atoms with Gasteiger partial charge in [-0.1, -0.05) is 12.8 Å². The van der Waals surface area contributed by atoms with Crippen LogP contribution in [0.3, 0.4) is 0 Å². The normalized spacial score (nSPS) is 8.75. The van der Waals surface area contributed by atoms with Gasteiger partial charge in [-0.2, -0.15) is 0 Å². The number of hydrogen-bond donors (Lipinski definition) is 5. The Hall–Kier alpha value is -1.11. The van der Waals surface area contributed by atoms with Crippen molar-refractivity contribution >= 4 is 24.9 Å². The number of amides is 3. The number of rotatable bonds is 4. The van der Waals surface area contributed by atoms with E-state index in [2.05, 4.69) is 28.2 Å². The summed E-state index contributed by atoms with van der Waals surface area (Å²) in [6.45, 7) is 0.731. The highest BCUT2D eigenvalue weighted by atomic mass is 32.1. The predicted molar refractivity (Wildman–Crippen MR) is 46.2 cm³/mol. The van der Waals surface area contributed by atoms with Gasteiger partial charge in [-0.25, -0.2) is 9.59 Å². The van der Waals surface area contributed by atoms with Crippen LogP contribution in [0.4, 0.5) is 9.59 Å². The predicted octanol–water partition coefficient (Wildman–Crippen LogP) is -0.212. The van der Waals surface area contributed by atoms with E-state index in [0.29, 0.717) is 19.5 Å². The molecular weight excluding hydrogens is 182 g/mol. The summed E-state index contributed by atoms with van der Waals surface area (Å²) >= 11 is 3.50. The molecule has 0 aliphatic heterocycles. The minimum absolute atomic E-state index is 0.322. The molecule has 0 fully saturated rings. The van der Waals surface area contributed by atoms with Crippen molar-refractivity contribution in [3.05, 3.63) is 0 Å². The standard InChI is InChI=1S/C5H11N3O3S/c9-4(8-12)6-2-1-3-7-5(10)11/h7,12H,1-3H2,(H,10,11)(H2,6,8,9). The molecular formula is C5H11N3O3S. The van der Waals surface area contributed by atoms with Crippen molar-refractivity contribution in [3.63, 3.8) is 0 Å². The second kappa shape index (κ2) is 6.59. The first-order chi connectivity index (χ1) is 5.66. The fraction of sp³-hybridized carbons (Fsp3) is 0.600. The van der Waals surface area contributed by atoms with E-state index in [1.165, 1.54) is 0 Å².